The molecule has 3 aliphatic rings. The number of hydrogen-bond acceptors (Lipinski definition) is 5. The maximum Gasteiger partial charge on any atom is 0.411 e. The molecular formula is C23H26N2O4S. The van der Waals surface area contributed by atoms with Gasteiger partial charge in [-0.3, -0.25) is 9.80 Å². The third-order valence-corrected chi connectivity index (χ3v) is 7.75. The molecule has 2 aromatic carbocycles. The first kappa shape index (κ1) is 19.6. The van der Waals surface area contributed by atoms with E-state index in [4.69, 9.17) is 4.74 Å². The van der Waals surface area contributed by atoms with E-state index in [-0.39, 0.29) is 24.3 Å². The third kappa shape index (κ3) is 3.50. The number of benzene rings is 2. The van der Waals surface area contributed by atoms with E-state index in [9.17, 15) is 13.2 Å². The van der Waals surface area contributed by atoms with Gasteiger partial charge in [0.15, 0.2) is 9.84 Å². The van der Waals surface area contributed by atoms with Crippen LogP contribution < -0.4 is 0 Å². The molecule has 0 saturated carbocycles. The second-order valence-electron chi connectivity index (χ2n) is 8.60. The predicted molar refractivity (Wildman–Crippen MR) is 113 cm³/mol. The molecule has 0 radical (unpaired) electrons. The van der Waals surface area contributed by atoms with Crippen molar-refractivity contribution in [3.05, 3.63) is 65.2 Å². The topological polar surface area (TPSA) is 66.9 Å². The number of carbonyl (C=O) groups excluding carboxylic acids is 1. The molecule has 0 unspecified atom stereocenters. The lowest BCUT2D eigenvalue weighted by atomic mass is 9.99. The molecule has 6 nitrogen and oxygen atoms in total. The Balaban J connectivity index is 1.23. The van der Waals surface area contributed by atoms with Crippen LogP contribution in [0.5, 0.6) is 0 Å². The summed E-state index contributed by atoms with van der Waals surface area (Å²) < 4.78 is 29.0. The summed E-state index contributed by atoms with van der Waals surface area (Å²) in [5.74, 6) is 0. The summed E-state index contributed by atoms with van der Waals surface area (Å²) in [5.41, 5.74) is 3.63. The monoisotopic (exact) mass is 426 g/mol. The maximum atomic E-state index is 12.6. The van der Waals surface area contributed by atoms with Gasteiger partial charge in [0.1, 0.15) is 6.10 Å². The zero-order valence-corrected chi connectivity index (χ0v) is 17.8. The summed E-state index contributed by atoms with van der Waals surface area (Å²) >= 11 is 0. The average Bonchev–Trinajstić information content (AvgIpc) is 3.23. The van der Waals surface area contributed by atoms with Gasteiger partial charge < -0.3 is 4.74 Å². The standard InChI is InChI=1S/C23H26N2O4S/c1-30(27,28)19-8-6-16(7-9-19)15-24-12-10-18(11-13-24)25-22-20-5-3-2-4-17(20)14-21(22)29-23(25)26/h2-9,18,21-22H,10-15H2,1H3/t21-,22+/m0/s1. The van der Waals surface area contributed by atoms with Crippen molar-refractivity contribution in [2.24, 2.45) is 0 Å². The predicted octanol–water partition coefficient (Wildman–Crippen LogP) is 3.17. The maximum absolute atomic E-state index is 12.6. The van der Waals surface area contributed by atoms with E-state index in [1.54, 1.807) is 12.1 Å². The summed E-state index contributed by atoms with van der Waals surface area (Å²) in [6.45, 7) is 2.60. The second-order valence-corrected chi connectivity index (χ2v) is 10.6. The van der Waals surface area contributed by atoms with Gasteiger partial charge in [-0.2, -0.15) is 0 Å². The van der Waals surface area contributed by atoms with Gasteiger partial charge in [0.2, 0.25) is 0 Å². The highest BCUT2D eigenvalue weighted by molar-refractivity contribution is 7.90. The molecule has 0 spiro atoms. The van der Waals surface area contributed by atoms with Gasteiger partial charge in [0.05, 0.1) is 10.9 Å². The van der Waals surface area contributed by atoms with Crippen LogP contribution in [0.4, 0.5) is 4.79 Å². The number of rotatable bonds is 4. The number of ether oxygens (including phenoxy) is 1. The van der Waals surface area contributed by atoms with Crippen LogP contribution in [-0.4, -0.2) is 55.8 Å². The molecule has 1 amide bonds. The zero-order chi connectivity index (χ0) is 20.9. The van der Waals surface area contributed by atoms with Crippen molar-refractivity contribution in [1.29, 1.82) is 0 Å². The quantitative estimate of drug-likeness (QED) is 0.751. The number of hydrogen-bond donors (Lipinski definition) is 0. The average molecular weight is 427 g/mol. The molecule has 2 aromatic rings. The lowest BCUT2D eigenvalue weighted by Crippen LogP contribution is -2.46. The largest absolute Gasteiger partial charge is 0.443 e. The fourth-order valence-corrected chi connectivity index (χ4v) is 5.74. The molecule has 0 bridgehead atoms. The van der Waals surface area contributed by atoms with Crippen LogP contribution in [0.2, 0.25) is 0 Å². The number of piperidine rings is 1. The molecule has 0 N–H and O–H groups in total. The first-order valence-corrected chi connectivity index (χ1v) is 12.4. The number of fused-ring (bicyclic) bond motifs is 3. The van der Waals surface area contributed by atoms with Crippen LogP contribution in [0.1, 0.15) is 35.6 Å². The van der Waals surface area contributed by atoms with Crippen molar-refractivity contribution in [3.63, 3.8) is 0 Å². The Bertz CT molecular complexity index is 1060. The van der Waals surface area contributed by atoms with E-state index in [2.05, 4.69) is 17.0 Å². The molecule has 7 heteroatoms. The van der Waals surface area contributed by atoms with Crippen molar-refractivity contribution in [1.82, 2.24) is 9.80 Å². The van der Waals surface area contributed by atoms with Gasteiger partial charge in [-0.05, 0) is 41.7 Å². The number of amides is 1. The molecule has 2 aliphatic heterocycles. The van der Waals surface area contributed by atoms with Gasteiger partial charge in [-0.15, -0.1) is 0 Å². The number of sulfone groups is 1. The number of nitrogens with zero attached hydrogens (tertiary/aromatic N) is 2. The van der Waals surface area contributed by atoms with Gasteiger partial charge in [-0.1, -0.05) is 36.4 Å². The Morgan fingerprint density at radius 3 is 2.43 bits per heavy atom. The molecule has 0 aromatic heterocycles. The zero-order valence-electron chi connectivity index (χ0n) is 17.0. The minimum Gasteiger partial charge on any atom is -0.443 e. The Morgan fingerprint density at radius 2 is 1.73 bits per heavy atom. The fourth-order valence-electron chi connectivity index (χ4n) is 5.11. The molecule has 5 rings (SSSR count). The van der Waals surface area contributed by atoms with Crippen LogP contribution in [0.15, 0.2) is 53.4 Å². The summed E-state index contributed by atoms with van der Waals surface area (Å²) in [6, 6.07) is 15.7. The van der Waals surface area contributed by atoms with E-state index in [1.807, 2.05) is 29.2 Å². The highest BCUT2D eigenvalue weighted by Gasteiger charge is 2.50. The van der Waals surface area contributed by atoms with Gasteiger partial charge in [0.25, 0.3) is 0 Å². The van der Waals surface area contributed by atoms with E-state index in [0.29, 0.717) is 4.90 Å². The molecular weight excluding hydrogens is 400 g/mol. The van der Waals surface area contributed by atoms with Gasteiger partial charge >= 0.3 is 6.09 Å². The molecule has 2 atom stereocenters. The van der Waals surface area contributed by atoms with Gasteiger partial charge in [0, 0.05) is 38.4 Å². The first-order valence-electron chi connectivity index (χ1n) is 10.5. The molecule has 30 heavy (non-hydrogen) atoms. The van der Waals surface area contributed by atoms with Crippen LogP contribution in [-0.2, 0) is 27.5 Å². The Kier molecular flexibility index (Phi) is 4.82. The molecule has 2 heterocycles. The van der Waals surface area contributed by atoms with E-state index in [1.165, 1.54) is 17.4 Å². The molecule has 158 valence electrons. The SMILES string of the molecule is CS(=O)(=O)c1ccc(CN2CCC(N3C(=O)O[C@H]4Cc5ccccc5[C@H]43)CC2)cc1. The Morgan fingerprint density at radius 1 is 1.03 bits per heavy atom. The molecule has 2 saturated heterocycles. The minimum atomic E-state index is -3.17. The fraction of sp³-hybridized carbons (Fsp3) is 0.435. The van der Waals surface area contributed by atoms with Crippen molar-refractivity contribution in [2.75, 3.05) is 19.3 Å². The van der Waals surface area contributed by atoms with E-state index in [0.717, 1.165) is 44.5 Å². The number of likely N-dealkylation sites (tertiary alicyclic amines) is 1. The highest BCUT2D eigenvalue weighted by atomic mass is 32.2. The highest BCUT2D eigenvalue weighted by Crippen LogP contribution is 2.44. The third-order valence-electron chi connectivity index (χ3n) is 6.62. The van der Waals surface area contributed by atoms with Crippen molar-refractivity contribution < 1.29 is 17.9 Å². The van der Waals surface area contributed by atoms with Crippen LogP contribution in [0, 0.1) is 0 Å². The summed E-state index contributed by atoms with van der Waals surface area (Å²) in [4.78, 5) is 17.3. The van der Waals surface area contributed by atoms with Crippen molar-refractivity contribution in [2.45, 2.75) is 48.9 Å². The lowest BCUT2D eigenvalue weighted by molar-refractivity contribution is 0.103. The van der Waals surface area contributed by atoms with Gasteiger partial charge in [-0.25, -0.2) is 13.2 Å². The molecule has 2 fully saturated rings. The normalized spacial score (nSPS) is 24.6. The van der Waals surface area contributed by atoms with Crippen molar-refractivity contribution >= 4 is 15.9 Å². The van der Waals surface area contributed by atoms with E-state index < -0.39 is 9.84 Å². The van der Waals surface area contributed by atoms with Crippen LogP contribution in [0.25, 0.3) is 0 Å². The smallest absolute Gasteiger partial charge is 0.411 e. The van der Waals surface area contributed by atoms with Crippen LogP contribution in [0.3, 0.4) is 0 Å². The second kappa shape index (κ2) is 7.39. The summed E-state index contributed by atoms with van der Waals surface area (Å²) in [6.07, 6.45) is 3.65. The summed E-state index contributed by atoms with van der Waals surface area (Å²) in [7, 11) is -3.17. The Labute approximate surface area is 177 Å². The lowest BCUT2D eigenvalue weighted by Gasteiger charge is -2.38. The van der Waals surface area contributed by atoms with E-state index >= 15 is 0 Å². The molecule has 1 aliphatic carbocycles. The Hall–Kier alpha value is -2.38. The number of carbonyl (C=O) groups is 1. The van der Waals surface area contributed by atoms with Crippen molar-refractivity contribution in [3.8, 4) is 0 Å². The first-order chi connectivity index (χ1) is 14.4. The van der Waals surface area contributed by atoms with Crippen LogP contribution >= 0.6 is 0 Å². The minimum absolute atomic E-state index is 0.0498. The summed E-state index contributed by atoms with van der Waals surface area (Å²) in [5, 5.41) is 0.